The summed E-state index contributed by atoms with van der Waals surface area (Å²) in [5, 5.41) is 0.114. The van der Waals surface area contributed by atoms with E-state index in [1.54, 1.807) is 12.1 Å². The minimum absolute atomic E-state index is 0.0696. The molecule has 2 nitrogen and oxygen atoms in total. The van der Waals surface area contributed by atoms with Crippen molar-refractivity contribution in [2.24, 2.45) is 5.73 Å². The SMILES string of the molecule is N[C@@H]1CCCc2ccc(OCc3cccc(Cl)c3F)cc21. The maximum absolute atomic E-state index is 13.8. The second kappa shape index (κ2) is 6.04. The number of hydrogen-bond donors (Lipinski definition) is 1. The molecule has 1 aliphatic rings. The predicted octanol–water partition coefficient (Wildman–Crippen LogP) is 4.39. The van der Waals surface area contributed by atoms with E-state index in [-0.39, 0.29) is 17.7 Å². The molecule has 0 saturated carbocycles. The summed E-state index contributed by atoms with van der Waals surface area (Å²) in [4.78, 5) is 0. The Hall–Kier alpha value is -1.58. The molecule has 21 heavy (non-hydrogen) atoms. The van der Waals surface area contributed by atoms with E-state index >= 15 is 0 Å². The molecule has 0 spiro atoms. The highest BCUT2D eigenvalue weighted by atomic mass is 35.5. The van der Waals surface area contributed by atoms with Crippen LogP contribution in [0.15, 0.2) is 36.4 Å². The number of hydrogen-bond acceptors (Lipinski definition) is 2. The van der Waals surface area contributed by atoms with E-state index in [9.17, 15) is 4.39 Å². The molecule has 4 heteroatoms. The molecule has 0 heterocycles. The molecule has 0 aromatic heterocycles. The fraction of sp³-hybridized carbons (Fsp3) is 0.294. The molecule has 0 radical (unpaired) electrons. The van der Waals surface area contributed by atoms with Crippen molar-refractivity contribution in [3.8, 4) is 5.75 Å². The number of fused-ring (bicyclic) bond motifs is 1. The highest BCUT2D eigenvalue weighted by Gasteiger charge is 2.17. The van der Waals surface area contributed by atoms with Crippen LogP contribution in [0.1, 0.15) is 35.6 Å². The fourth-order valence-electron chi connectivity index (χ4n) is 2.72. The molecule has 2 N–H and O–H groups in total. The van der Waals surface area contributed by atoms with Crippen molar-refractivity contribution in [3.05, 3.63) is 63.9 Å². The van der Waals surface area contributed by atoms with Gasteiger partial charge in [-0.2, -0.15) is 0 Å². The van der Waals surface area contributed by atoms with E-state index < -0.39 is 5.82 Å². The lowest BCUT2D eigenvalue weighted by molar-refractivity contribution is 0.299. The second-order valence-electron chi connectivity index (χ2n) is 5.36. The van der Waals surface area contributed by atoms with Crippen LogP contribution in [0.5, 0.6) is 5.75 Å². The van der Waals surface area contributed by atoms with Crippen molar-refractivity contribution in [3.63, 3.8) is 0 Å². The molecule has 2 aromatic rings. The molecule has 0 fully saturated rings. The van der Waals surface area contributed by atoms with Crippen LogP contribution in [0.2, 0.25) is 5.02 Å². The zero-order chi connectivity index (χ0) is 14.8. The van der Waals surface area contributed by atoms with E-state index in [1.807, 2.05) is 12.1 Å². The Kier molecular flexibility index (Phi) is 4.13. The maximum Gasteiger partial charge on any atom is 0.148 e. The van der Waals surface area contributed by atoms with Crippen LogP contribution in [-0.2, 0) is 13.0 Å². The van der Waals surface area contributed by atoms with Crippen molar-refractivity contribution < 1.29 is 9.13 Å². The number of ether oxygens (including phenoxy) is 1. The quantitative estimate of drug-likeness (QED) is 0.912. The number of rotatable bonds is 3. The van der Waals surface area contributed by atoms with Crippen LogP contribution in [0, 0.1) is 5.82 Å². The summed E-state index contributed by atoms with van der Waals surface area (Å²) in [6.07, 6.45) is 3.19. The van der Waals surface area contributed by atoms with Gasteiger partial charge in [-0.3, -0.25) is 0 Å². The molecular weight excluding hydrogens is 289 g/mol. The lowest BCUT2D eigenvalue weighted by Gasteiger charge is -2.22. The van der Waals surface area contributed by atoms with Crippen LogP contribution in [-0.4, -0.2) is 0 Å². The average Bonchev–Trinajstić information content (AvgIpc) is 2.49. The van der Waals surface area contributed by atoms with E-state index in [4.69, 9.17) is 22.1 Å². The Bertz CT molecular complexity index is 659. The van der Waals surface area contributed by atoms with Crippen LogP contribution >= 0.6 is 11.6 Å². The Balaban J connectivity index is 1.77. The summed E-state index contributed by atoms with van der Waals surface area (Å²) in [5.41, 5.74) is 9.01. The van der Waals surface area contributed by atoms with Gasteiger partial charge in [0.2, 0.25) is 0 Å². The lowest BCUT2D eigenvalue weighted by atomic mass is 9.88. The summed E-state index contributed by atoms with van der Waals surface area (Å²) in [7, 11) is 0. The summed E-state index contributed by atoms with van der Waals surface area (Å²) in [6, 6.07) is 10.9. The van der Waals surface area contributed by atoms with Gasteiger partial charge in [-0.05, 0) is 48.6 Å². The zero-order valence-corrected chi connectivity index (χ0v) is 12.4. The Labute approximate surface area is 128 Å². The molecule has 0 saturated heterocycles. The van der Waals surface area contributed by atoms with Crippen molar-refractivity contribution in [2.45, 2.75) is 31.9 Å². The van der Waals surface area contributed by atoms with Crippen molar-refractivity contribution in [1.82, 2.24) is 0 Å². The number of halogens is 2. The van der Waals surface area contributed by atoms with Gasteiger partial charge in [-0.1, -0.05) is 29.8 Å². The first-order valence-electron chi connectivity index (χ1n) is 7.09. The first-order chi connectivity index (χ1) is 10.1. The van der Waals surface area contributed by atoms with Gasteiger partial charge in [0.25, 0.3) is 0 Å². The number of benzene rings is 2. The molecule has 3 rings (SSSR count). The van der Waals surface area contributed by atoms with Gasteiger partial charge in [0.15, 0.2) is 0 Å². The summed E-state index contributed by atoms with van der Waals surface area (Å²) in [6.45, 7) is 0.153. The van der Waals surface area contributed by atoms with Gasteiger partial charge in [0.1, 0.15) is 18.2 Å². The molecule has 1 atom stereocenters. The van der Waals surface area contributed by atoms with E-state index in [0.29, 0.717) is 11.3 Å². The van der Waals surface area contributed by atoms with Crippen LogP contribution in [0.4, 0.5) is 4.39 Å². The third-order valence-corrected chi connectivity index (χ3v) is 4.20. The zero-order valence-electron chi connectivity index (χ0n) is 11.6. The second-order valence-corrected chi connectivity index (χ2v) is 5.77. The molecule has 110 valence electrons. The number of nitrogens with two attached hydrogens (primary N) is 1. The first kappa shape index (κ1) is 14.4. The van der Waals surface area contributed by atoms with E-state index in [1.165, 1.54) is 11.6 Å². The maximum atomic E-state index is 13.8. The van der Waals surface area contributed by atoms with Gasteiger partial charge in [-0.25, -0.2) is 4.39 Å². The summed E-state index contributed by atoms with van der Waals surface area (Å²) >= 11 is 5.76. The minimum Gasteiger partial charge on any atom is -0.489 e. The molecule has 1 aliphatic carbocycles. The van der Waals surface area contributed by atoms with E-state index in [2.05, 4.69) is 6.07 Å². The van der Waals surface area contributed by atoms with Crippen molar-refractivity contribution in [1.29, 1.82) is 0 Å². The summed E-state index contributed by atoms with van der Waals surface area (Å²) < 4.78 is 19.5. The Morgan fingerprint density at radius 1 is 1.29 bits per heavy atom. The molecule has 0 bridgehead atoms. The largest absolute Gasteiger partial charge is 0.489 e. The van der Waals surface area contributed by atoms with Crippen LogP contribution in [0.3, 0.4) is 0 Å². The minimum atomic E-state index is -0.422. The van der Waals surface area contributed by atoms with Crippen LogP contribution < -0.4 is 10.5 Å². The lowest BCUT2D eigenvalue weighted by Crippen LogP contribution is -2.17. The first-order valence-corrected chi connectivity index (χ1v) is 7.47. The predicted molar refractivity (Wildman–Crippen MR) is 82.1 cm³/mol. The molecule has 0 aliphatic heterocycles. The highest BCUT2D eigenvalue weighted by molar-refractivity contribution is 6.30. The molecule has 2 aromatic carbocycles. The molecule has 0 unspecified atom stereocenters. The smallest absolute Gasteiger partial charge is 0.148 e. The monoisotopic (exact) mass is 305 g/mol. The standard InChI is InChI=1S/C17H17ClFNO/c18-15-5-1-4-12(17(15)19)10-21-13-8-7-11-3-2-6-16(20)14(11)9-13/h1,4-5,7-9,16H,2-3,6,10,20H2/t16-/m1/s1. The third-order valence-electron chi connectivity index (χ3n) is 3.90. The average molecular weight is 306 g/mol. The molecule has 0 amide bonds. The fourth-order valence-corrected chi connectivity index (χ4v) is 2.92. The Morgan fingerprint density at radius 2 is 2.14 bits per heavy atom. The van der Waals surface area contributed by atoms with Crippen LogP contribution in [0.25, 0.3) is 0 Å². The van der Waals surface area contributed by atoms with Gasteiger partial charge >= 0.3 is 0 Å². The summed E-state index contributed by atoms with van der Waals surface area (Å²) in [5.74, 6) is 0.291. The normalized spacial score (nSPS) is 17.4. The van der Waals surface area contributed by atoms with Gasteiger partial charge in [0, 0.05) is 11.6 Å². The van der Waals surface area contributed by atoms with Gasteiger partial charge < -0.3 is 10.5 Å². The highest BCUT2D eigenvalue weighted by Crippen LogP contribution is 2.31. The van der Waals surface area contributed by atoms with Crippen molar-refractivity contribution in [2.75, 3.05) is 0 Å². The number of aryl methyl sites for hydroxylation is 1. The van der Waals surface area contributed by atoms with Gasteiger partial charge in [-0.15, -0.1) is 0 Å². The van der Waals surface area contributed by atoms with Crippen molar-refractivity contribution >= 4 is 11.6 Å². The third kappa shape index (κ3) is 3.04. The topological polar surface area (TPSA) is 35.2 Å². The Morgan fingerprint density at radius 3 is 3.00 bits per heavy atom. The van der Waals surface area contributed by atoms with E-state index in [0.717, 1.165) is 24.8 Å². The van der Waals surface area contributed by atoms with Gasteiger partial charge in [0.05, 0.1) is 5.02 Å². The molecular formula is C17H17ClFNO.